The van der Waals surface area contributed by atoms with Crippen LogP contribution in [0.3, 0.4) is 0 Å². The van der Waals surface area contributed by atoms with Crippen molar-refractivity contribution in [1.82, 2.24) is 10.6 Å². The van der Waals surface area contributed by atoms with Crippen molar-refractivity contribution < 1.29 is 0 Å². The molecule has 0 fully saturated rings. The SMILES string of the molecule is [O-]N1C=CCN1. The van der Waals surface area contributed by atoms with Crippen LogP contribution in [-0.4, -0.2) is 11.7 Å². The Balaban J connectivity index is 2.38. The third kappa shape index (κ3) is 0.502. The topological polar surface area (TPSA) is 38.3 Å². The van der Waals surface area contributed by atoms with Gasteiger partial charge in [0.2, 0.25) is 0 Å². The molecule has 3 nitrogen and oxygen atoms in total. The summed E-state index contributed by atoms with van der Waals surface area (Å²) >= 11 is 0. The molecule has 1 N–H and O–H groups in total. The van der Waals surface area contributed by atoms with Gasteiger partial charge in [-0.15, -0.1) is 0 Å². The minimum absolute atomic E-state index is 0.670. The first kappa shape index (κ1) is 3.64. The average Bonchev–Trinajstić information content (AvgIpc) is 1.86. The Bertz CT molecular complexity index is 71.2. The molecular formula is C3H5N2O-. The highest BCUT2D eigenvalue weighted by Crippen LogP contribution is 1.85. The molecule has 0 aliphatic carbocycles. The van der Waals surface area contributed by atoms with Crippen molar-refractivity contribution in [1.29, 1.82) is 0 Å². The van der Waals surface area contributed by atoms with Gasteiger partial charge in [-0.05, 0) is 0 Å². The lowest BCUT2D eigenvalue weighted by Gasteiger charge is -2.19. The van der Waals surface area contributed by atoms with Gasteiger partial charge in [0.1, 0.15) is 0 Å². The quantitative estimate of drug-likeness (QED) is 0.443. The summed E-state index contributed by atoms with van der Waals surface area (Å²) in [5.74, 6) is 0. The number of rotatable bonds is 0. The summed E-state index contributed by atoms with van der Waals surface area (Å²) in [7, 11) is 0. The first-order valence-corrected chi connectivity index (χ1v) is 1.76. The Kier molecular flexibility index (Phi) is 0.777. The van der Waals surface area contributed by atoms with E-state index in [0.717, 1.165) is 0 Å². The molecule has 0 saturated heterocycles. The molecule has 3 heteroatoms. The standard InChI is InChI=1S/C3H5N2O/c6-5-3-1-2-4-5/h1,3-4H,2H2/q-1. The van der Waals surface area contributed by atoms with E-state index in [1.54, 1.807) is 6.08 Å². The van der Waals surface area contributed by atoms with Gasteiger partial charge in [0.25, 0.3) is 0 Å². The minimum atomic E-state index is 0.670. The van der Waals surface area contributed by atoms with Gasteiger partial charge in [0.15, 0.2) is 0 Å². The summed E-state index contributed by atoms with van der Waals surface area (Å²) in [5.41, 5.74) is 2.49. The van der Waals surface area contributed by atoms with Crippen molar-refractivity contribution in [3.8, 4) is 0 Å². The molecule has 34 valence electrons. The van der Waals surface area contributed by atoms with Crippen LogP contribution in [0.4, 0.5) is 0 Å². The number of hydrogen-bond donors (Lipinski definition) is 1. The maximum absolute atomic E-state index is 9.96. The summed E-state index contributed by atoms with van der Waals surface area (Å²) in [6.45, 7) is 0.670. The van der Waals surface area contributed by atoms with E-state index in [2.05, 4.69) is 5.43 Å². The van der Waals surface area contributed by atoms with E-state index >= 15 is 0 Å². The number of nitrogens with zero attached hydrogens (tertiary/aromatic N) is 1. The van der Waals surface area contributed by atoms with Gasteiger partial charge in [0, 0.05) is 12.7 Å². The maximum Gasteiger partial charge on any atom is 0.0339 e. The van der Waals surface area contributed by atoms with E-state index in [1.807, 2.05) is 0 Å². The molecule has 0 aromatic carbocycles. The predicted molar refractivity (Wildman–Crippen MR) is 22.3 cm³/mol. The molecule has 1 heterocycles. The number of hydrogen-bond acceptors (Lipinski definition) is 3. The second kappa shape index (κ2) is 1.28. The van der Waals surface area contributed by atoms with Crippen LogP contribution in [-0.2, 0) is 0 Å². The van der Waals surface area contributed by atoms with Gasteiger partial charge < -0.3 is 10.4 Å². The molecular weight excluding hydrogens is 80.0 g/mol. The lowest BCUT2D eigenvalue weighted by atomic mass is 10.7. The van der Waals surface area contributed by atoms with Crippen LogP contribution < -0.4 is 5.43 Å². The van der Waals surface area contributed by atoms with Crippen LogP contribution in [0.25, 0.3) is 0 Å². The van der Waals surface area contributed by atoms with Crippen LogP contribution in [0, 0.1) is 5.21 Å². The van der Waals surface area contributed by atoms with Gasteiger partial charge in [-0.25, -0.2) is 5.43 Å². The van der Waals surface area contributed by atoms with E-state index in [-0.39, 0.29) is 0 Å². The van der Waals surface area contributed by atoms with Crippen molar-refractivity contribution in [3.63, 3.8) is 0 Å². The van der Waals surface area contributed by atoms with Crippen LogP contribution in [0.1, 0.15) is 0 Å². The molecule has 1 aliphatic heterocycles. The van der Waals surface area contributed by atoms with Gasteiger partial charge in [-0.2, -0.15) is 0 Å². The second-order valence-corrected chi connectivity index (χ2v) is 1.07. The molecule has 0 aromatic heterocycles. The van der Waals surface area contributed by atoms with Crippen molar-refractivity contribution in [2.45, 2.75) is 0 Å². The summed E-state index contributed by atoms with van der Waals surface area (Å²) in [5, 5.41) is 10.6. The van der Waals surface area contributed by atoms with Crippen molar-refractivity contribution in [2.75, 3.05) is 6.54 Å². The fourth-order valence-corrected chi connectivity index (χ4v) is 0.344. The summed E-state index contributed by atoms with van der Waals surface area (Å²) in [6, 6.07) is 0. The summed E-state index contributed by atoms with van der Waals surface area (Å²) in [4.78, 5) is 0. The predicted octanol–water partition coefficient (Wildman–Crippen LogP) is -0.182. The van der Waals surface area contributed by atoms with E-state index in [4.69, 9.17) is 0 Å². The lowest BCUT2D eigenvalue weighted by Crippen LogP contribution is -2.21. The Morgan fingerprint density at radius 1 is 1.83 bits per heavy atom. The highest BCUT2D eigenvalue weighted by atomic mass is 16.5. The van der Waals surface area contributed by atoms with Crippen LogP contribution in [0.5, 0.6) is 0 Å². The molecule has 0 bridgehead atoms. The molecule has 0 radical (unpaired) electrons. The molecule has 6 heavy (non-hydrogen) atoms. The number of nitrogens with one attached hydrogen (secondary N) is 1. The largest absolute Gasteiger partial charge is 0.744 e. The molecule has 1 rings (SSSR count). The molecule has 0 unspecified atom stereocenters. The first-order chi connectivity index (χ1) is 2.89. The van der Waals surface area contributed by atoms with Crippen LogP contribution in [0.15, 0.2) is 12.3 Å². The van der Waals surface area contributed by atoms with Crippen molar-refractivity contribution in [3.05, 3.63) is 17.5 Å². The van der Waals surface area contributed by atoms with Gasteiger partial charge >= 0.3 is 0 Å². The second-order valence-electron chi connectivity index (χ2n) is 1.07. The van der Waals surface area contributed by atoms with Crippen LogP contribution >= 0.6 is 0 Å². The Morgan fingerprint density at radius 2 is 2.67 bits per heavy atom. The zero-order valence-corrected chi connectivity index (χ0v) is 3.22. The zero-order chi connectivity index (χ0) is 4.41. The summed E-state index contributed by atoms with van der Waals surface area (Å²) in [6.07, 6.45) is 3.20. The van der Waals surface area contributed by atoms with E-state index in [9.17, 15) is 5.21 Å². The molecule has 0 saturated carbocycles. The average molecular weight is 85.1 g/mol. The zero-order valence-electron chi connectivity index (χ0n) is 3.22. The number of hydroxylamine groups is 1. The fraction of sp³-hybridized carbons (Fsp3) is 0.333. The highest BCUT2D eigenvalue weighted by molar-refractivity contribution is 4.89. The van der Waals surface area contributed by atoms with Crippen LogP contribution in [0.2, 0.25) is 0 Å². The normalized spacial score (nSPS) is 19.8. The Morgan fingerprint density at radius 3 is 2.83 bits per heavy atom. The van der Waals surface area contributed by atoms with E-state index < -0.39 is 0 Å². The molecule has 1 aliphatic rings. The third-order valence-corrected chi connectivity index (χ3v) is 0.606. The Labute approximate surface area is 35.8 Å². The van der Waals surface area contributed by atoms with Gasteiger partial charge in [0.05, 0.1) is 0 Å². The maximum atomic E-state index is 9.96. The van der Waals surface area contributed by atoms with Gasteiger partial charge in [-0.3, -0.25) is 0 Å². The fourth-order valence-electron chi connectivity index (χ4n) is 0.344. The minimum Gasteiger partial charge on any atom is -0.744 e. The van der Waals surface area contributed by atoms with Crippen molar-refractivity contribution >= 4 is 0 Å². The Hall–Kier alpha value is -0.540. The van der Waals surface area contributed by atoms with E-state index in [0.29, 0.717) is 11.7 Å². The summed E-state index contributed by atoms with van der Waals surface area (Å²) < 4.78 is 0. The smallest absolute Gasteiger partial charge is 0.0339 e. The molecule has 0 atom stereocenters. The van der Waals surface area contributed by atoms with E-state index in [1.165, 1.54) is 6.20 Å². The third-order valence-electron chi connectivity index (χ3n) is 0.606. The first-order valence-electron chi connectivity index (χ1n) is 1.76. The van der Waals surface area contributed by atoms with Crippen molar-refractivity contribution in [2.24, 2.45) is 0 Å². The highest BCUT2D eigenvalue weighted by Gasteiger charge is 1.84. The monoisotopic (exact) mass is 85.0 g/mol. The molecule has 0 amide bonds. The number of hydrazine groups is 1. The molecule has 0 aromatic rings. The molecule has 0 spiro atoms. The van der Waals surface area contributed by atoms with Gasteiger partial charge in [-0.1, -0.05) is 6.08 Å². The lowest BCUT2D eigenvalue weighted by molar-refractivity contribution is 0.419.